The van der Waals surface area contributed by atoms with Crippen LogP contribution in [-0.4, -0.2) is 19.7 Å². The molecule has 0 aromatic heterocycles. The van der Waals surface area contributed by atoms with E-state index in [4.69, 9.17) is 19.9 Å². The van der Waals surface area contributed by atoms with E-state index in [2.05, 4.69) is 0 Å². The zero-order valence-electron chi connectivity index (χ0n) is 14.8. The molecule has 1 unspecified atom stereocenters. The molecule has 0 amide bonds. The molecular weight excluding hydrogens is 365 g/mol. The smallest absolute Gasteiger partial charge is 0.419 e. The maximum Gasteiger partial charge on any atom is 0.419 e. The lowest BCUT2D eigenvalue weighted by Gasteiger charge is -2.27. The average molecular weight is 382 g/mol. The lowest BCUT2D eigenvalue weighted by atomic mass is 9.82. The highest BCUT2D eigenvalue weighted by Gasteiger charge is 2.39. The molecule has 1 aromatic carbocycles. The van der Waals surface area contributed by atoms with E-state index in [-0.39, 0.29) is 35.0 Å². The minimum Gasteiger partial charge on any atom is -0.496 e. The summed E-state index contributed by atoms with van der Waals surface area (Å²) in [6.07, 6.45) is -4.62. The van der Waals surface area contributed by atoms with E-state index in [9.17, 15) is 23.2 Å². The van der Waals surface area contributed by atoms with E-state index in [0.29, 0.717) is 0 Å². The Labute approximate surface area is 153 Å². The van der Waals surface area contributed by atoms with Crippen LogP contribution < -0.4 is 10.5 Å². The van der Waals surface area contributed by atoms with Crippen LogP contribution in [0.4, 0.5) is 13.2 Å². The summed E-state index contributed by atoms with van der Waals surface area (Å²) in [5.74, 6) is -2.36. The molecule has 1 aliphatic rings. The minimum atomic E-state index is -4.62. The summed E-state index contributed by atoms with van der Waals surface area (Å²) in [7, 11) is 1.10. The highest BCUT2D eigenvalue weighted by Crippen LogP contribution is 2.43. The molecule has 0 saturated heterocycles. The predicted octanol–water partition coefficient (Wildman–Crippen LogP) is 3.36. The average Bonchev–Trinajstić information content (AvgIpc) is 2.59. The number of rotatable bonds is 4. The number of methoxy groups -OCH3 is 1. The summed E-state index contributed by atoms with van der Waals surface area (Å²) >= 11 is 0. The van der Waals surface area contributed by atoms with Gasteiger partial charge in [-0.25, -0.2) is 4.79 Å². The third kappa shape index (κ3) is 3.84. The largest absolute Gasteiger partial charge is 0.496 e. The van der Waals surface area contributed by atoms with Crippen molar-refractivity contribution >= 4 is 5.97 Å². The van der Waals surface area contributed by atoms with Crippen LogP contribution in [0.1, 0.15) is 30.9 Å². The second-order valence-electron chi connectivity index (χ2n) is 5.57. The second-order valence-corrected chi connectivity index (χ2v) is 5.57. The molecule has 6 nitrogen and oxygen atoms in total. The van der Waals surface area contributed by atoms with E-state index in [1.54, 1.807) is 6.92 Å². The van der Waals surface area contributed by atoms with Gasteiger partial charge in [0.25, 0.3) is 0 Å². The van der Waals surface area contributed by atoms with Crippen LogP contribution in [0.3, 0.4) is 0 Å². The van der Waals surface area contributed by atoms with E-state index in [0.717, 1.165) is 19.2 Å². The summed E-state index contributed by atoms with van der Waals surface area (Å²) in [4.78, 5) is 12.4. The zero-order chi connectivity index (χ0) is 20.4. The Kier molecular flexibility index (Phi) is 5.69. The summed E-state index contributed by atoms with van der Waals surface area (Å²) in [6.45, 7) is 3.13. The molecular formula is C18H17F3N2O4. The second kappa shape index (κ2) is 7.61. The molecule has 1 heterocycles. The quantitative estimate of drug-likeness (QED) is 0.803. The van der Waals surface area contributed by atoms with E-state index >= 15 is 0 Å². The molecule has 0 aliphatic carbocycles. The first-order chi connectivity index (χ1) is 12.6. The van der Waals surface area contributed by atoms with Crippen LogP contribution in [0.2, 0.25) is 0 Å². The number of nitrogens with two attached hydrogens (primary N) is 1. The molecule has 2 N–H and O–H groups in total. The molecule has 0 bridgehead atoms. The normalized spacial score (nSPS) is 17.3. The Hall–Kier alpha value is -3.15. The highest BCUT2D eigenvalue weighted by atomic mass is 19.4. The van der Waals surface area contributed by atoms with Crippen molar-refractivity contribution in [3.05, 3.63) is 52.1 Å². The lowest BCUT2D eigenvalue weighted by Crippen LogP contribution is -2.25. The van der Waals surface area contributed by atoms with Crippen molar-refractivity contribution in [3.8, 4) is 11.8 Å². The Balaban J connectivity index is 2.68. The Morgan fingerprint density at radius 2 is 2.07 bits per heavy atom. The van der Waals surface area contributed by atoms with Gasteiger partial charge in [0.05, 0.1) is 30.8 Å². The number of benzene rings is 1. The van der Waals surface area contributed by atoms with Gasteiger partial charge in [0.2, 0.25) is 5.88 Å². The first-order valence-electron chi connectivity index (χ1n) is 7.86. The van der Waals surface area contributed by atoms with Crippen molar-refractivity contribution in [3.63, 3.8) is 0 Å². The maximum atomic E-state index is 13.1. The number of esters is 1. The maximum absolute atomic E-state index is 13.1. The molecule has 144 valence electrons. The SMILES string of the molecule is CCOC(=O)C1=C(C)OC(N)=C(C#N)C1c1ccc(C(F)(F)F)c(OC)c1. The van der Waals surface area contributed by atoms with E-state index < -0.39 is 29.4 Å². The molecule has 1 aliphatic heterocycles. The molecule has 1 atom stereocenters. The summed E-state index contributed by atoms with van der Waals surface area (Å²) in [5.41, 5.74) is 4.87. The van der Waals surface area contributed by atoms with Crippen LogP contribution in [0.5, 0.6) is 5.75 Å². The molecule has 27 heavy (non-hydrogen) atoms. The van der Waals surface area contributed by atoms with Crippen LogP contribution >= 0.6 is 0 Å². The van der Waals surface area contributed by atoms with E-state index in [1.165, 1.54) is 13.0 Å². The number of allylic oxidation sites excluding steroid dienone is 2. The fourth-order valence-corrected chi connectivity index (χ4v) is 2.81. The third-order valence-corrected chi connectivity index (χ3v) is 3.97. The number of carbonyl (C=O) groups is 1. The van der Waals surface area contributed by atoms with Crippen LogP contribution in [-0.2, 0) is 20.4 Å². The Morgan fingerprint density at radius 3 is 2.59 bits per heavy atom. The van der Waals surface area contributed by atoms with Gasteiger partial charge in [-0.1, -0.05) is 6.07 Å². The van der Waals surface area contributed by atoms with E-state index in [1.807, 2.05) is 6.07 Å². The molecule has 0 fully saturated rings. The zero-order valence-corrected chi connectivity index (χ0v) is 14.8. The van der Waals surface area contributed by atoms with Crippen molar-refractivity contribution in [2.75, 3.05) is 13.7 Å². The summed E-state index contributed by atoms with van der Waals surface area (Å²) in [6, 6.07) is 4.97. The third-order valence-electron chi connectivity index (χ3n) is 3.97. The molecule has 2 rings (SSSR count). The van der Waals surface area contributed by atoms with Crippen LogP contribution in [0.25, 0.3) is 0 Å². The number of hydrogen-bond donors (Lipinski definition) is 1. The molecule has 0 spiro atoms. The van der Waals surface area contributed by atoms with Gasteiger partial charge in [-0.15, -0.1) is 0 Å². The number of nitriles is 1. The van der Waals surface area contributed by atoms with Crippen molar-refractivity contribution < 1.29 is 32.2 Å². The Bertz CT molecular complexity index is 866. The summed E-state index contributed by atoms with van der Waals surface area (Å²) < 4.78 is 54.5. The number of carbonyl (C=O) groups excluding carboxylic acids is 1. The number of alkyl halides is 3. The van der Waals surface area contributed by atoms with Crippen molar-refractivity contribution in [2.45, 2.75) is 25.9 Å². The standard InChI is InChI=1S/C18H17F3N2O4/c1-4-26-17(24)14-9(2)27-16(23)11(8-22)15(14)10-5-6-12(18(19,20)21)13(7-10)25-3/h5-7,15H,4,23H2,1-3H3. The molecule has 1 aromatic rings. The minimum absolute atomic E-state index is 0.00980. The lowest BCUT2D eigenvalue weighted by molar-refractivity contribution is -0.140. The number of ether oxygens (including phenoxy) is 3. The number of nitrogens with zero attached hydrogens (tertiary/aromatic N) is 1. The monoisotopic (exact) mass is 382 g/mol. The van der Waals surface area contributed by atoms with Gasteiger partial charge < -0.3 is 19.9 Å². The number of hydrogen-bond acceptors (Lipinski definition) is 6. The van der Waals surface area contributed by atoms with Crippen molar-refractivity contribution in [1.82, 2.24) is 0 Å². The first kappa shape index (κ1) is 20.2. The first-order valence-corrected chi connectivity index (χ1v) is 7.86. The van der Waals surface area contributed by atoms with Crippen molar-refractivity contribution in [2.24, 2.45) is 5.73 Å². The van der Waals surface area contributed by atoms with Gasteiger partial charge in [-0.2, -0.15) is 18.4 Å². The van der Waals surface area contributed by atoms with Crippen LogP contribution in [0, 0.1) is 11.3 Å². The highest BCUT2D eigenvalue weighted by molar-refractivity contribution is 5.92. The molecule has 0 radical (unpaired) electrons. The van der Waals surface area contributed by atoms with Crippen molar-refractivity contribution in [1.29, 1.82) is 5.26 Å². The topological polar surface area (TPSA) is 94.6 Å². The summed E-state index contributed by atoms with van der Waals surface area (Å²) in [5, 5.41) is 9.47. The van der Waals surface area contributed by atoms with Gasteiger partial charge in [0.1, 0.15) is 23.2 Å². The van der Waals surface area contributed by atoms with Gasteiger partial charge in [-0.05, 0) is 31.5 Å². The fraction of sp³-hybridized carbons (Fsp3) is 0.333. The van der Waals surface area contributed by atoms with Gasteiger partial charge >= 0.3 is 12.1 Å². The van der Waals surface area contributed by atoms with Gasteiger partial charge in [0, 0.05) is 0 Å². The fourth-order valence-electron chi connectivity index (χ4n) is 2.81. The number of halogens is 3. The predicted molar refractivity (Wildman–Crippen MR) is 88.0 cm³/mol. The molecule has 0 saturated carbocycles. The van der Waals surface area contributed by atoms with Gasteiger partial charge in [-0.3, -0.25) is 0 Å². The Morgan fingerprint density at radius 1 is 1.41 bits per heavy atom. The molecule has 9 heteroatoms. The van der Waals surface area contributed by atoms with Crippen LogP contribution in [0.15, 0.2) is 41.0 Å². The van der Waals surface area contributed by atoms with Gasteiger partial charge in [0.15, 0.2) is 0 Å².